The van der Waals surface area contributed by atoms with Gasteiger partial charge in [-0.1, -0.05) is 37.2 Å². The standard InChI is InChI=1S/C18H19ClN4O2S/c1-10(2)8-23-17(25)13-6-12(19)4-5-15(13)22-18(23)26-9-16(24)14(7-20)11(3)21/h4-6,10,14,21H,8-9H2,1-3H3/p+1/t14-/m1/s1. The number of nitrogens with two attached hydrogens (primary N) is 1. The Kier molecular flexibility index (Phi) is 6.57. The number of rotatable bonds is 7. The van der Waals surface area contributed by atoms with Gasteiger partial charge in [0.2, 0.25) is 0 Å². The lowest BCUT2D eigenvalue weighted by molar-refractivity contribution is -0.127. The number of benzene rings is 1. The maximum atomic E-state index is 12.9. The van der Waals surface area contributed by atoms with Crippen LogP contribution in [-0.4, -0.2) is 26.8 Å². The maximum absolute atomic E-state index is 12.9. The highest BCUT2D eigenvalue weighted by Crippen LogP contribution is 2.22. The molecule has 0 bridgehead atoms. The largest absolute Gasteiger partial charge is 0.297 e. The summed E-state index contributed by atoms with van der Waals surface area (Å²) in [5, 5.41) is 16.0. The number of thioether (sulfide) groups is 1. The molecule has 6 nitrogen and oxygen atoms in total. The summed E-state index contributed by atoms with van der Waals surface area (Å²) in [6.07, 6.45) is 0. The molecule has 0 radical (unpaired) electrons. The number of nitrogens with zero attached hydrogens (tertiary/aromatic N) is 3. The van der Waals surface area contributed by atoms with Crippen LogP contribution in [0.2, 0.25) is 5.02 Å². The molecule has 0 fully saturated rings. The van der Waals surface area contributed by atoms with Crippen LogP contribution < -0.4 is 11.0 Å². The van der Waals surface area contributed by atoms with E-state index in [1.807, 2.05) is 19.9 Å². The highest BCUT2D eigenvalue weighted by Gasteiger charge is 2.24. The number of halogens is 1. The van der Waals surface area contributed by atoms with Crippen LogP contribution >= 0.6 is 23.4 Å². The van der Waals surface area contributed by atoms with E-state index in [1.54, 1.807) is 29.7 Å². The van der Waals surface area contributed by atoms with Gasteiger partial charge in [-0.15, -0.1) is 0 Å². The molecule has 0 aliphatic heterocycles. The van der Waals surface area contributed by atoms with E-state index in [0.717, 1.165) is 11.8 Å². The van der Waals surface area contributed by atoms with Crippen LogP contribution in [0.5, 0.6) is 0 Å². The first kappa shape index (κ1) is 20.1. The van der Waals surface area contributed by atoms with E-state index in [0.29, 0.717) is 27.6 Å². The fourth-order valence-electron chi connectivity index (χ4n) is 2.46. The number of nitriles is 1. The number of hydrogen-bond acceptors (Lipinski definition) is 5. The van der Waals surface area contributed by atoms with Gasteiger partial charge in [0, 0.05) is 18.5 Å². The summed E-state index contributed by atoms with van der Waals surface area (Å²) in [6.45, 7) is 6.00. The summed E-state index contributed by atoms with van der Waals surface area (Å²) in [7, 11) is 0. The minimum Gasteiger partial charge on any atom is -0.297 e. The van der Waals surface area contributed by atoms with Crippen LogP contribution in [-0.2, 0) is 11.3 Å². The molecular formula is C18H20ClN4O2S+. The molecule has 0 saturated carbocycles. The molecule has 2 rings (SSSR count). The maximum Gasteiger partial charge on any atom is 0.262 e. The molecule has 0 saturated heterocycles. The van der Waals surface area contributed by atoms with Crippen molar-refractivity contribution in [3.8, 4) is 6.07 Å². The molecule has 8 heteroatoms. The lowest BCUT2D eigenvalue weighted by Gasteiger charge is -2.15. The molecule has 1 atom stereocenters. The van der Waals surface area contributed by atoms with Crippen LogP contribution in [0.15, 0.2) is 28.2 Å². The van der Waals surface area contributed by atoms with Gasteiger partial charge in [-0.25, -0.2) is 4.98 Å². The summed E-state index contributed by atoms with van der Waals surface area (Å²) in [5.41, 5.74) is 0.589. The Balaban J connectivity index is 2.43. The van der Waals surface area contributed by atoms with E-state index in [-0.39, 0.29) is 28.7 Å². The SMILES string of the molecule is CC(=[NH2+])[C@@H](C#N)C(=O)CSc1nc2ccc(Cl)cc2c(=O)n1CC(C)C. The molecule has 2 aromatic rings. The zero-order chi connectivity index (χ0) is 19.4. The van der Waals surface area contributed by atoms with E-state index in [9.17, 15) is 9.59 Å². The molecule has 136 valence electrons. The fourth-order valence-corrected chi connectivity index (χ4v) is 3.54. The van der Waals surface area contributed by atoms with Crippen LogP contribution in [0.25, 0.3) is 10.9 Å². The Labute approximate surface area is 160 Å². The molecule has 0 aliphatic rings. The third-order valence-corrected chi connectivity index (χ3v) is 4.91. The Bertz CT molecular complexity index is 962. The van der Waals surface area contributed by atoms with Gasteiger partial charge in [0.05, 0.1) is 22.7 Å². The Morgan fingerprint density at radius 2 is 2.15 bits per heavy atom. The van der Waals surface area contributed by atoms with Gasteiger partial charge in [-0.05, 0) is 24.1 Å². The Morgan fingerprint density at radius 1 is 1.46 bits per heavy atom. The van der Waals surface area contributed by atoms with Crippen molar-refractivity contribution in [3.05, 3.63) is 33.6 Å². The number of fused-ring (bicyclic) bond motifs is 1. The van der Waals surface area contributed by atoms with Gasteiger partial charge in [0.15, 0.2) is 22.6 Å². The second-order valence-electron chi connectivity index (χ2n) is 6.43. The Morgan fingerprint density at radius 3 is 2.73 bits per heavy atom. The van der Waals surface area contributed by atoms with Crippen molar-refractivity contribution in [3.63, 3.8) is 0 Å². The average molecular weight is 392 g/mol. The molecule has 0 aliphatic carbocycles. The average Bonchev–Trinajstić information content (AvgIpc) is 2.56. The van der Waals surface area contributed by atoms with Gasteiger partial charge >= 0.3 is 0 Å². The van der Waals surface area contributed by atoms with Crippen LogP contribution in [0.3, 0.4) is 0 Å². The first-order valence-corrected chi connectivity index (χ1v) is 9.45. The zero-order valence-corrected chi connectivity index (χ0v) is 16.4. The van der Waals surface area contributed by atoms with Crippen molar-refractivity contribution in [1.82, 2.24) is 9.55 Å². The van der Waals surface area contributed by atoms with Gasteiger partial charge in [0.1, 0.15) is 0 Å². The second-order valence-corrected chi connectivity index (χ2v) is 7.81. The third-order valence-electron chi connectivity index (χ3n) is 3.68. The van der Waals surface area contributed by atoms with Gasteiger partial charge in [-0.3, -0.25) is 19.6 Å². The normalized spacial score (nSPS) is 12.2. The predicted octanol–water partition coefficient (Wildman–Crippen LogP) is 1.73. The predicted molar refractivity (Wildman–Crippen MR) is 103 cm³/mol. The van der Waals surface area contributed by atoms with Crippen molar-refractivity contribution >= 4 is 45.8 Å². The van der Waals surface area contributed by atoms with Gasteiger partial charge in [-0.2, -0.15) is 5.26 Å². The van der Waals surface area contributed by atoms with Gasteiger partial charge in [0.25, 0.3) is 5.56 Å². The summed E-state index contributed by atoms with van der Waals surface area (Å²) in [4.78, 5) is 29.6. The number of hydrogen-bond donors (Lipinski definition) is 1. The minimum atomic E-state index is -0.952. The number of ketones is 1. The van der Waals surface area contributed by atoms with Crippen molar-refractivity contribution in [1.29, 1.82) is 5.26 Å². The molecule has 0 spiro atoms. The van der Waals surface area contributed by atoms with E-state index in [4.69, 9.17) is 22.3 Å². The molecule has 0 amide bonds. The number of carbonyl (C=O) groups is 1. The molecule has 1 aromatic heterocycles. The number of Topliss-reactive ketones (excluding diaryl/α,β-unsaturated/α-hetero) is 1. The van der Waals surface area contributed by atoms with E-state index in [2.05, 4.69) is 4.98 Å². The highest BCUT2D eigenvalue weighted by atomic mass is 35.5. The molecular weight excluding hydrogens is 372 g/mol. The zero-order valence-electron chi connectivity index (χ0n) is 14.8. The number of aromatic nitrogens is 2. The lowest BCUT2D eigenvalue weighted by Crippen LogP contribution is -2.44. The monoisotopic (exact) mass is 391 g/mol. The molecule has 26 heavy (non-hydrogen) atoms. The van der Waals surface area contributed by atoms with Crippen molar-refractivity contribution in [2.24, 2.45) is 11.8 Å². The van der Waals surface area contributed by atoms with E-state index in [1.165, 1.54) is 0 Å². The first-order chi connectivity index (χ1) is 12.2. The molecule has 1 aromatic carbocycles. The smallest absolute Gasteiger partial charge is 0.262 e. The topological polar surface area (TPSA) is 101 Å². The molecule has 2 N–H and O–H groups in total. The minimum absolute atomic E-state index is 0.0103. The second kappa shape index (κ2) is 8.47. The first-order valence-electron chi connectivity index (χ1n) is 8.08. The third kappa shape index (κ3) is 4.51. The van der Waals surface area contributed by atoms with Crippen LogP contribution in [0.1, 0.15) is 20.8 Å². The van der Waals surface area contributed by atoms with E-state index < -0.39 is 5.92 Å². The summed E-state index contributed by atoms with van der Waals surface area (Å²) >= 11 is 7.14. The van der Waals surface area contributed by atoms with Crippen molar-refractivity contribution in [2.75, 3.05) is 5.75 Å². The van der Waals surface area contributed by atoms with Crippen LogP contribution in [0.4, 0.5) is 0 Å². The summed E-state index contributed by atoms with van der Waals surface area (Å²) in [5.74, 6) is -1.03. The summed E-state index contributed by atoms with van der Waals surface area (Å²) < 4.78 is 1.56. The quantitative estimate of drug-likeness (QED) is 0.440. The highest BCUT2D eigenvalue weighted by molar-refractivity contribution is 7.99. The van der Waals surface area contributed by atoms with E-state index >= 15 is 0 Å². The van der Waals surface area contributed by atoms with Gasteiger partial charge < -0.3 is 0 Å². The Hall–Kier alpha value is -2.17. The molecule has 1 heterocycles. The van der Waals surface area contributed by atoms with Crippen LogP contribution in [0, 0.1) is 23.2 Å². The molecule has 0 unspecified atom stereocenters. The van der Waals surface area contributed by atoms with Crippen molar-refractivity contribution in [2.45, 2.75) is 32.5 Å². The number of carbonyl (C=O) groups excluding carboxylic acids is 1. The van der Waals surface area contributed by atoms with Crippen molar-refractivity contribution < 1.29 is 10.2 Å². The lowest BCUT2D eigenvalue weighted by atomic mass is 10.0. The fraction of sp³-hybridized carbons (Fsp3) is 0.389. The summed E-state index contributed by atoms with van der Waals surface area (Å²) in [6, 6.07) is 6.85.